The molecule has 0 spiro atoms. The van der Waals surface area contributed by atoms with Gasteiger partial charge in [0.05, 0.1) is 12.2 Å². The van der Waals surface area contributed by atoms with Crippen LogP contribution < -0.4 is 5.32 Å². The van der Waals surface area contributed by atoms with Crippen molar-refractivity contribution in [1.82, 2.24) is 4.90 Å². The van der Waals surface area contributed by atoms with Crippen molar-refractivity contribution in [2.24, 2.45) is 11.8 Å². The number of carbonyl (C=O) groups is 1. The fraction of sp³-hybridized carbons (Fsp3) is 0.667. The zero-order valence-electron chi connectivity index (χ0n) is 16.7. The van der Waals surface area contributed by atoms with E-state index in [4.69, 9.17) is 4.74 Å². The highest BCUT2D eigenvalue weighted by Crippen LogP contribution is 2.24. The fourth-order valence-electron chi connectivity index (χ4n) is 3.50. The Kier molecular flexibility index (Phi) is 6.50. The normalized spacial score (nSPS) is 21.3. The van der Waals surface area contributed by atoms with Crippen LogP contribution in [0.4, 0.5) is 5.69 Å². The molecule has 1 aromatic rings. The molecule has 1 N–H and O–H groups in total. The number of benzene rings is 1. The fourth-order valence-corrected chi connectivity index (χ4v) is 3.50. The van der Waals surface area contributed by atoms with Gasteiger partial charge in [-0.25, -0.2) is 0 Å². The number of amides is 1. The SMILES string of the molecule is Cc1ccc(C(=O)N2C[C@H](C)C[C@H](C)C2)cc1NCCOC(C)(C)C. The van der Waals surface area contributed by atoms with Crippen LogP contribution in [0.15, 0.2) is 18.2 Å². The van der Waals surface area contributed by atoms with E-state index in [-0.39, 0.29) is 11.5 Å². The van der Waals surface area contributed by atoms with Crippen LogP contribution in [-0.2, 0) is 4.74 Å². The predicted molar refractivity (Wildman–Crippen MR) is 104 cm³/mol. The zero-order chi connectivity index (χ0) is 18.6. The summed E-state index contributed by atoms with van der Waals surface area (Å²) in [6, 6.07) is 5.95. The van der Waals surface area contributed by atoms with Gasteiger partial charge in [-0.2, -0.15) is 0 Å². The number of carbonyl (C=O) groups excluding carboxylic acids is 1. The first-order valence-electron chi connectivity index (χ1n) is 9.43. The average molecular weight is 347 g/mol. The van der Waals surface area contributed by atoms with Crippen LogP contribution in [0.25, 0.3) is 0 Å². The second kappa shape index (κ2) is 8.22. The monoisotopic (exact) mass is 346 g/mol. The van der Waals surface area contributed by atoms with Gasteiger partial charge in [0.1, 0.15) is 0 Å². The van der Waals surface area contributed by atoms with E-state index in [2.05, 4.69) is 46.9 Å². The van der Waals surface area contributed by atoms with Crippen LogP contribution in [0.2, 0.25) is 0 Å². The second-order valence-electron chi connectivity index (χ2n) is 8.57. The Bertz CT molecular complexity index is 582. The van der Waals surface area contributed by atoms with E-state index in [1.54, 1.807) is 0 Å². The lowest BCUT2D eigenvalue weighted by atomic mass is 9.91. The number of nitrogens with one attached hydrogen (secondary N) is 1. The van der Waals surface area contributed by atoms with Gasteiger partial charge in [-0.15, -0.1) is 0 Å². The first kappa shape index (κ1) is 19.8. The summed E-state index contributed by atoms with van der Waals surface area (Å²) in [5.74, 6) is 1.29. The highest BCUT2D eigenvalue weighted by molar-refractivity contribution is 5.95. The number of hydrogen-bond donors (Lipinski definition) is 1. The number of anilines is 1. The van der Waals surface area contributed by atoms with Gasteiger partial charge in [0.25, 0.3) is 5.91 Å². The van der Waals surface area contributed by atoms with Gasteiger partial charge in [0.2, 0.25) is 0 Å². The highest BCUT2D eigenvalue weighted by atomic mass is 16.5. The van der Waals surface area contributed by atoms with E-state index < -0.39 is 0 Å². The molecule has 0 saturated carbocycles. The Morgan fingerprint density at radius 1 is 1.24 bits per heavy atom. The molecule has 0 unspecified atom stereocenters. The molecule has 0 aromatic heterocycles. The maximum absolute atomic E-state index is 12.9. The van der Waals surface area contributed by atoms with Crippen molar-refractivity contribution in [3.05, 3.63) is 29.3 Å². The molecule has 2 rings (SSSR count). The molecule has 0 radical (unpaired) electrons. The van der Waals surface area contributed by atoms with Crippen LogP contribution in [0.3, 0.4) is 0 Å². The third-order valence-corrected chi connectivity index (χ3v) is 4.59. The standard InChI is InChI=1S/C21H34N2O2/c1-15-11-16(2)14-23(13-15)20(24)18-8-7-17(3)19(12-18)22-9-10-25-21(4,5)6/h7-8,12,15-16,22H,9-11,13-14H2,1-6H3/t15-,16+. The lowest BCUT2D eigenvalue weighted by Gasteiger charge is -2.35. The van der Waals surface area contributed by atoms with Gasteiger partial charge in [-0.3, -0.25) is 4.79 Å². The van der Waals surface area contributed by atoms with Gasteiger partial charge in [-0.1, -0.05) is 19.9 Å². The summed E-state index contributed by atoms with van der Waals surface area (Å²) in [5.41, 5.74) is 2.80. The minimum absolute atomic E-state index is 0.129. The Hall–Kier alpha value is -1.55. The minimum Gasteiger partial charge on any atom is -0.382 e. The van der Waals surface area contributed by atoms with Crippen molar-refractivity contribution in [2.75, 3.05) is 31.6 Å². The molecule has 140 valence electrons. The van der Waals surface area contributed by atoms with Crippen molar-refractivity contribution in [1.29, 1.82) is 0 Å². The zero-order valence-corrected chi connectivity index (χ0v) is 16.7. The van der Waals surface area contributed by atoms with Gasteiger partial charge in [0.15, 0.2) is 0 Å². The molecule has 0 bridgehead atoms. The summed E-state index contributed by atoms with van der Waals surface area (Å²) < 4.78 is 5.75. The molecular weight excluding hydrogens is 312 g/mol. The Balaban J connectivity index is 2.01. The molecule has 4 heteroatoms. The third kappa shape index (κ3) is 6.03. The van der Waals surface area contributed by atoms with E-state index in [0.29, 0.717) is 18.4 Å². The van der Waals surface area contributed by atoms with E-state index in [0.717, 1.165) is 36.4 Å². The number of nitrogens with zero attached hydrogens (tertiary/aromatic N) is 1. The van der Waals surface area contributed by atoms with Crippen LogP contribution in [0, 0.1) is 18.8 Å². The predicted octanol–water partition coefficient (Wildman–Crippen LogP) is 4.34. The lowest BCUT2D eigenvalue weighted by Crippen LogP contribution is -2.42. The van der Waals surface area contributed by atoms with Crippen LogP contribution >= 0.6 is 0 Å². The molecule has 0 aliphatic carbocycles. The van der Waals surface area contributed by atoms with E-state index >= 15 is 0 Å². The number of rotatable bonds is 5. The molecule has 1 aliphatic rings. The van der Waals surface area contributed by atoms with E-state index in [1.807, 2.05) is 23.1 Å². The molecule has 25 heavy (non-hydrogen) atoms. The molecule has 4 nitrogen and oxygen atoms in total. The van der Waals surface area contributed by atoms with E-state index in [1.165, 1.54) is 6.42 Å². The minimum atomic E-state index is -0.129. The summed E-state index contributed by atoms with van der Waals surface area (Å²) in [6.07, 6.45) is 1.21. The van der Waals surface area contributed by atoms with Crippen molar-refractivity contribution < 1.29 is 9.53 Å². The average Bonchev–Trinajstić information content (AvgIpc) is 2.50. The number of hydrogen-bond acceptors (Lipinski definition) is 3. The first-order valence-corrected chi connectivity index (χ1v) is 9.43. The maximum atomic E-state index is 12.9. The first-order chi connectivity index (χ1) is 11.7. The largest absolute Gasteiger partial charge is 0.382 e. The Labute approximate surface area is 152 Å². The molecule has 2 atom stereocenters. The quantitative estimate of drug-likeness (QED) is 0.806. The number of likely N-dealkylation sites (tertiary alicyclic amines) is 1. The van der Waals surface area contributed by atoms with Crippen LogP contribution in [-0.4, -0.2) is 42.6 Å². The highest BCUT2D eigenvalue weighted by Gasteiger charge is 2.26. The maximum Gasteiger partial charge on any atom is 0.253 e. The van der Waals surface area contributed by atoms with Crippen molar-refractivity contribution in [3.8, 4) is 0 Å². The third-order valence-electron chi connectivity index (χ3n) is 4.59. The van der Waals surface area contributed by atoms with Gasteiger partial charge >= 0.3 is 0 Å². The summed E-state index contributed by atoms with van der Waals surface area (Å²) in [7, 11) is 0. The van der Waals surface area contributed by atoms with E-state index in [9.17, 15) is 4.79 Å². The number of ether oxygens (including phenoxy) is 1. The molecule has 1 fully saturated rings. The van der Waals surface area contributed by atoms with Crippen LogP contribution in [0.5, 0.6) is 0 Å². The molecule has 1 aromatic carbocycles. The molecular formula is C21H34N2O2. The lowest BCUT2D eigenvalue weighted by molar-refractivity contribution is 0.00333. The Morgan fingerprint density at radius 3 is 2.48 bits per heavy atom. The summed E-state index contributed by atoms with van der Waals surface area (Å²) in [5, 5.41) is 3.41. The van der Waals surface area contributed by atoms with Gasteiger partial charge < -0.3 is 15.0 Å². The number of piperidine rings is 1. The molecule has 1 saturated heterocycles. The van der Waals surface area contributed by atoms with Gasteiger partial charge in [-0.05, 0) is 63.6 Å². The number of aryl methyl sites for hydroxylation is 1. The molecule has 1 amide bonds. The van der Waals surface area contributed by atoms with Crippen molar-refractivity contribution in [2.45, 2.75) is 53.6 Å². The molecule has 1 heterocycles. The van der Waals surface area contributed by atoms with Crippen molar-refractivity contribution in [3.63, 3.8) is 0 Å². The van der Waals surface area contributed by atoms with Crippen molar-refractivity contribution >= 4 is 11.6 Å². The molecule has 1 aliphatic heterocycles. The second-order valence-corrected chi connectivity index (χ2v) is 8.57. The van der Waals surface area contributed by atoms with Gasteiger partial charge in [0, 0.05) is 30.9 Å². The Morgan fingerprint density at radius 2 is 1.88 bits per heavy atom. The summed E-state index contributed by atoms with van der Waals surface area (Å²) >= 11 is 0. The summed E-state index contributed by atoms with van der Waals surface area (Å²) in [6.45, 7) is 15.8. The summed E-state index contributed by atoms with van der Waals surface area (Å²) in [4.78, 5) is 14.9. The van der Waals surface area contributed by atoms with Crippen LogP contribution in [0.1, 0.15) is 57.0 Å². The topological polar surface area (TPSA) is 41.6 Å². The smallest absolute Gasteiger partial charge is 0.253 e.